The van der Waals surface area contributed by atoms with Gasteiger partial charge in [0.15, 0.2) is 0 Å². The van der Waals surface area contributed by atoms with E-state index in [9.17, 15) is 4.79 Å². The van der Waals surface area contributed by atoms with Gasteiger partial charge in [0.05, 0.1) is 5.02 Å². The Morgan fingerprint density at radius 3 is 2.67 bits per heavy atom. The minimum Gasteiger partial charge on any atom is -0.366 e. The zero-order chi connectivity index (χ0) is 14.8. The van der Waals surface area contributed by atoms with Gasteiger partial charge < -0.3 is 10.3 Å². The molecule has 0 fully saturated rings. The highest BCUT2D eigenvalue weighted by molar-refractivity contribution is 6.31. The van der Waals surface area contributed by atoms with Crippen LogP contribution in [-0.4, -0.2) is 9.97 Å². The van der Waals surface area contributed by atoms with Crippen LogP contribution in [0, 0.1) is 0 Å². The molecule has 2 N–H and O–H groups in total. The van der Waals surface area contributed by atoms with Gasteiger partial charge >= 0.3 is 0 Å². The fraction of sp³-hybridized carbons (Fsp3) is 0.0667. The SMILES string of the molecule is O=c1[nH]c2ccc(Cl)cc2cc1CNc1ccc(Cl)cn1. The third-order valence-electron chi connectivity index (χ3n) is 3.07. The normalized spacial score (nSPS) is 10.8. The Balaban J connectivity index is 1.87. The number of pyridine rings is 2. The van der Waals surface area contributed by atoms with E-state index in [0.717, 1.165) is 10.9 Å². The van der Waals surface area contributed by atoms with Gasteiger partial charge in [0.1, 0.15) is 5.82 Å². The van der Waals surface area contributed by atoms with Crippen LogP contribution in [-0.2, 0) is 6.54 Å². The van der Waals surface area contributed by atoms with E-state index in [1.165, 1.54) is 0 Å². The predicted molar refractivity (Wildman–Crippen MR) is 86.2 cm³/mol. The molecule has 106 valence electrons. The first-order valence-corrected chi connectivity index (χ1v) is 7.04. The van der Waals surface area contributed by atoms with Gasteiger partial charge in [-0.15, -0.1) is 0 Å². The second kappa shape index (κ2) is 5.76. The highest BCUT2D eigenvalue weighted by Gasteiger charge is 2.04. The van der Waals surface area contributed by atoms with Crippen molar-refractivity contribution in [1.82, 2.24) is 9.97 Å². The molecule has 3 aromatic rings. The first kappa shape index (κ1) is 13.9. The van der Waals surface area contributed by atoms with Gasteiger partial charge in [-0.3, -0.25) is 4.79 Å². The Kier molecular flexibility index (Phi) is 3.82. The Labute approximate surface area is 130 Å². The summed E-state index contributed by atoms with van der Waals surface area (Å²) in [6, 6.07) is 10.7. The van der Waals surface area contributed by atoms with Gasteiger partial charge in [0.25, 0.3) is 5.56 Å². The quantitative estimate of drug-likeness (QED) is 0.771. The first-order chi connectivity index (χ1) is 10.1. The molecule has 0 aliphatic carbocycles. The van der Waals surface area contributed by atoms with Gasteiger partial charge in [-0.25, -0.2) is 4.98 Å². The maximum Gasteiger partial charge on any atom is 0.253 e. The predicted octanol–water partition coefficient (Wildman–Crippen LogP) is 3.84. The minimum atomic E-state index is -0.133. The largest absolute Gasteiger partial charge is 0.366 e. The first-order valence-electron chi connectivity index (χ1n) is 6.29. The van der Waals surface area contributed by atoms with E-state index in [4.69, 9.17) is 23.2 Å². The minimum absolute atomic E-state index is 0.133. The number of hydrogen-bond acceptors (Lipinski definition) is 3. The highest BCUT2D eigenvalue weighted by Crippen LogP contribution is 2.17. The molecule has 4 nitrogen and oxygen atoms in total. The van der Waals surface area contributed by atoms with E-state index in [2.05, 4.69) is 15.3 Å². The third-order valence-corrected chi connectivity index (χ3v) is 3.53. The zero-order valence-corrected chi connectivity index (χ0v) is 12.4. The number of fused-ring (bicyclic) bond motifs is 1. The molecule has 0 unspecified atom stereocenters. The average molecular weight is 320 g/mol. The van der Waals surface area contributed by atoms with Crippen molar-refractivity contribution in [3.05, 3.63) is 68.6 Å². The lowest BCUT2D eigenvalue weighted by Crippen LogP contribution is -2.15. The number of hydrogen-bond donors (Lipinski definition) is 2. The van der Waals surface area contributed by atoms with Crippen molar-refractivity contribution in [2.45, 2.75) is 6.54 Å². The summed E-state index contributed by atoms with van der Waals surface area (Å²) in [4.78, 5) is 19.0. The number of anilines is 1. The van der Waals surface area contributed by atoms with Crippen LogP contribution in [0.15, 0.2) is 47.4 Å². The average Bonchev–Trinajstić information content (AvgIpc) is 2.47. The fourth-order valence-electron chi connectivity index (χ4n) is 2.02. The number of nitrogens with zero attached hydrogens (tertiary/aromatic N) is 1. The number of aromatic amines is 1. The molecule has 1 aromatic carbocycles. The Morgan fingerprint density at radius 2 is 1.90 bits per heavy atom. The van der Waals surface area contributed by atoms with Crippen molar-refractivity contribution in [2.75, 3.05) is 5.32 Å². The molecule has 0 radical (unpaired) electrons. The molecular formula is C15H11Cl2N3O. The standard InChI is InChI=1S/C15H11Cl2N3O/c16-11-1-3-13-9(6-11)5-10(15(21)20-13)7-18-14-4-2-12(17)8-19-14/h1-6,8H,7H2,(H,18,19)(H,20,21). The van der Waals surface area contributed by atoms with Crippen LogP contribution in [0.4, 0.5) is 5.82 Å². The van der Waals surface area contributed by atoms with Gasteiger partial charge in [-0.1, -0.05) is 23.2 Å². The molecule has 3 rings (SSSR count). The van der Waals surface area contributed by atoms with Crippen molar-refractivity contribution < 1.29 is 0 Å². The van der Waals surface area contributed by atoms with Crippen molar-refractivity contribution in [3.8, 4) is 0 Å². The second-order valence-corrected chi connectivity index (χ2v) is 5.44. The molecule has 0 aliphatic rings. The van der Waals surface area contributed by atoms with Gasteiger partial charge in [0, 0.05) is 34.2 Å². The van der Waals surface area contributed by atoms with Crippen LogP contribution < -0.4 is 10.9 Å². The summed E-state index contributed by atoms with van der Waals surface area (Å²) in [6.07, 6.45) is 1.55. The fourth-order valence-corrected chi connectivity index (χ4v) is 2.31. The van der Waals surface area contributed by atoms with E-state index in [0.29, 0.717) is 28.0 Å². The lowest BCUT2D eigenvalue weighted by molar-refractivity contribution is 1.07. The summed E-state index contributed by atoms with van der Waals surface area (Å²) in [5.41, 5.74) is 1.24. The summed E-state index contributed by atoms with van der Waals surface area (Å²) in [6.45, 7) is 0.367. The smallest absolute Gasteiger partial charge is 0.253 e. The lowest BCUT2D eigenvalue weighted by Gasteiger charge is -2.06. The molecule has 0 atom stereocenters. The maximum atomic E-state index is 12.0. The Bertz CT molecular complexity index is 844. The molecule has 0 saturated heterocycles. The van der Waals surface area contributed by atoms with Crippen molar-refractivity contribution in [3.63, 3.8) is 0 Å². The summed E-state index contributed by atoms with van der Waals surface area (Å²) in [7, 11) is 0. The molecule has 6 heteroatoms. The van der Waals surface area contributed by atoms with Crippen molar-refractivity contribution in [2.24, 2.45) is 0 Å². The summed E-state index contributed by atoms with van der Waals surface area (Å²) >= 11 is 11.7. The molecule has 0 saturated carbocycles. The molecule has 21 heavy (non-hydrogen) atoms. The number of halogens is 2. The van der Waals surface area contributed by atoms with Gasteiger partial charge in [0.2, 0.25) is 0 Å². The van der Waals surface area contributed by atoms with E-state index in [1.807, 2.05) is 12.1 Å². The maximum absolute atomic E-state index is 12.0. The Hall–Kier alpha value is -2.04. The summed E-state index contributed by atoms with van der Waals surface area (Å²) in [5, 5.41) is 5.18. The third kappa shape index (κ3) is 3.17. The van der Waals surface area contributed by atoms with E-state index < -0.39 is 0 Å². The number of aromatic nitrogens is 2. The molecule has 0 bridgehead atoms. The monoisotopic (exact) mass is 319 g/mol. The van der Waals surface area contributed by atoms with Crippen molar-refractivity contribution >= 4 is 39.9 Å². The second-order valence-electron chi connectivity index (χ2n) is 4.57. The molecule has 0 spiro atoms. The van der Waals surface area contributed by atoms with E-state index in [-0.39, 0.29) is 5.56 Å². The molecule has 2 aromatic heterocycles. The van der Waals surface area contributed by atoms with Gasteiger partial charge in [-0.2, -0.15) is 0 Å². The number of nitrogens with one attached hydrogen (secondary N) is 2. The van der Waals surface area contributed by atoms with Crippen LogP contribution >= 0.6 is 23.2 Å². The lowest BCUT2D eigenvalue weighted by atomic mass is 10.1. The topological polar surface area (TPSA) is 57.8 Å². The molecule has 2 heterocycles. The Morgan fingerprint density at radius 1 is 1.10 bits per heavy atom. The van der Waals surface area contributed by atoms with Crippen molar-refractivity contribution in [1.29, 1.82) is 0 Å². The summed E-state index contributed by atoms with van der Waals surface area (Å²) < 4.78 is 0. The van der Waals surface area contributed by atoms with Crippen LogP contribution in [0.5, 0.6) is 0 Å². The molecular weight excluding hydrogens is 309 g/mol. The van der Waals surface area contributed by atoms with Crippen LogP contribution in [0.25, 0.3) is 10.9 Å². The number of benzene rings is 1. The van der Waals surface area contributed by atoms with Crippen LogP contribution in [0.2, 0.25) is 10.0 Å². The molecule has 0 aliphatic heterocycles. The summed E-state index contributed by atoms with van der Waals surface area (Å²) in [5.74, 6) is 0.657. The van der Waals surface area contributed by atoms with Crippen LogP contribution in [0.3, 0.4) is 0 Å². The zero-order valence-electron chi connectivity index (χ0n) is 10.9. The van der Waals surface area contributed by atoms with E-state index >= 15 is 0 Å². The van der Waals surface area contributed by atoms with Crippen LogP contribution in [0.1, 0.15) is 5.56 Å². The highest BCUT2D eigenvalue weighted by atomic mass is 35.5. The molecule has 0 amide bonds. The number of H-pyrrole nitrogens is 1. The van der Waals surface area contributed by atoms with E-state index in [1.54, 1.807) is 30.5 Å². The number of rotatable bonds is 3. The van der Waals surface area contributed by atoms with Gasteiger partial charge in [-0.05, 0) is 36.4 Å².